The first-order valence-corrected chi connectivity index (χ1v) is 15.1. The number of hydrogen-bond acceptors (Lipinski definition) is 4. The van der Waals surface area contributed by atoms with Crippen molar-refractivity contribution in [3.05, 3.63) is 12.2 Å². The number of carbonyl (C=O) groups is 2. The van der Waals surface area contributed by atoms with Gasteiger partial charge in [-0.25, -0.2) is 0 Å². The molecule has 0 heterocycles. The highest BCUT2D eigenvalue weighted by Gasteiger charge is 2.80. The van der Waals surface area contributed by atoms with Gasteiger partial charge in [0.25, 0.3) is 0 Å². The zero-order valence-corrected chi connectivity index (χ0v) is 25.1. The van der Waals surface area contributed by atoms with E-state index in [9.17, 15) is 9.59 Å². The molecule has 4 nitrogen and oxygen atoms in total. The lowest BCUT2D eigenvalue weighted by Gasteiger charge is -2.61. The van der Waals surface area contributed by atoms with E-state index in [1.807, 2.05) is 20.8 Å². The molecule has 1 spiro atoms. The summed E-state index contributed by atoms with van der Waals surface area (Å²) in [5.41, 5.74) is 1.88. The van der Waals surface area contributed by atoms with Crippen LogP contribution in [0.5, 0.6) is 0 Å². The van der Waals surface area contributed by atoms with Gasteiger partial charge >= 0.3 is 5.97 Å². The Bertz CT molecular complexity index is 921. The van der Waals surface area contributed by atoms with Crippen LogP contribution in [0.2, 0.25) is 0 Å². The van der Waals surface area contributed by atoms with Gasteiger partial charge in [-0.05, 0) is 131 Å². The van der Waals surface area contributed by atoms with Crippen molar-refractivity contribution in [2.24, 2.45) is 45.3 Å². The lowest BCUT2D eigenvalue weighted by Crippen LogP contribution is -2.54. The zero-order chi connectivity index (χ0) is 27.4. The van der Waals surface area contributed by atoms with Crippen LogP contribution in [-0.4, -0.2) is 31.1 Å². The molecule has 4 aliphatic rings. The van der Waals surface area contributed by atoms with Gasteiger partial charge in [0.15, 0.2) is 5.78 Å². The van der Waals surface area contributed by atoms with E-state index in [1.54, 1.807) is 0 Å². The van der Waals surface area contributed by atoms with Crippen LogP contribution in [0.4, 0.5) is 0 Å². The summed E-state index contributed by atoms with van der Waals surface area (Å²) in [4.78, 5) is 25.1. The SMILES string of the molecule is C=C(C)[C@@H]1CC[C@@H]2[C@]3(CC[C@]4(C)[C@@H]([C@H](C)CCC(=O)C(C)(C)OCC)CC[C@@]24C)C[C@]13CCC(=O)OC. The molecule has 4 rings (SSSR count). The first-order valence-electron chi connectivity index (χ1n) is 15.1. The highest BCUT2D eigenvalue weighted by Crippen LogP contribution is 2.87. The van der Waals surface area contributed by atoms with E-state index in [0.29, 0.717) is 53.4 Å². The predicted molar refractivity (Wildman–Crippen MR) is 149 cm³/mol. The van der Waals surface area contributed by atoms with Crippen LogP contribution in [0.15, 0.2) is 12.2 Å². The summed E-state index contributed by atoms with van der Waals surface area (Å²) in [6, 6.07) is 0. The van der Waals surface area contributed by atoms with Crippen molar-refractivity contribution in [3.8, 4) is 0 Å². The average Bonchev–Trinajstić information content (AvgIpc) is 3.43. The molecule has 37 heavy (non-hydrogen) atoms. The lowest BCUT2D eigenvalue weighted by atomic mass is 9.43. The number of ketones is 1. The average molecular weight is 515 g/mol. The van der Waals surface area contributed by atoms with Crippen LogP contribution < -0.4 is 0 Å². The minimum atomic E-state index is -0.679. The molecular weight excluding hydrogens is 460 g/mol. The van der Waals surface area contributed by atoms with Crippen molar-refractivity contribution in [3.63, 3.8) is 0 Å². The zero-order valence-electron chi connectivity index (χ0n) is 25.1. The molecule has 0 aromatic carbocycles. The molecule has 0 N–H and O–H groups in total. The van der Waals surface area contributed by atoms with Crippen LogP contribution in [0.1, 0.15) is 119 Å². The van der Waals surface area contributed by atoms with Crippen molar-refractivity contribution < 1.29 is 19.1 Å². The van der Waals surface area contributed by atoms with Crippen molar-refractivity contribution >= 4 is 11.8 Å². The van der Waals surface area contributed by atoms with Gasteiger partial charge in [0, 0.05) is 19.4 Å². The molecule has 0 unspecified atom stereocenters. The standard InChI is InChI=1S/C33H54O4/c1-10-37-29(5,6)27(34)14-11-23(4)25-15-17-31(8)26-13-12-24(22(2)3)32(18-16-28(35)36-9)21-33(26,32)20-19-30(25,31)7/h23-26H,2,10-21H2,1,3-9H3/t23-,24+,25-,26+,30-,31+,32-,33+/m1/s1. The highest BCUT2D eigenvalue weighted by atomic mass is 16.5. The summed E-state index contributed by atoms with van der Waals surface area (Å²) in [5.74, 6) is 2.64. The van der Waals surface area contributed by atoms with Crippen molar-refractivity contribution in [2.75, 3.05) is 13.7 Å². The Morgan fingerprint density at radius 2 is 1.76 bits per heavy atom. The first-order chi connectivity index (χ1) is 17.2. The number of hydrogen-bond donors (Lipinski definition) is 0. The maximum atomic E-state index is 12.9. The molecule has 4 heteroatoms. The quantitative estimate of drug-likeness (QED) is 0.207. The van der Waals surface area contributed by atoms with Gasteiger partial charge in [-0.2, -0.15) is 0 Å². The molecule has 0 amide bonds. The largest absolute Gasteiger partial charge is 0.469 e. The summed E-state index contributed by atoms with van der Waals surface area (Å²) in [7, 11) is 1.51. The van der Waals surface area contributed by atoms with Gasteiger partial charge < -0.3 is 9.47 Å². The van der Waals surface area contributed by atoms with E-state index in [-0.39, 0.29) is 17.2 Å². The van der Waals surface area contributed by atoms with E-state index in [0.717, 1.165) is 18.8 Å². The molecule has 8 atom stereocenters. The van der Waals surface area contributed by atoms with E-state index < -0.39 is 5.60 Å². The monoisotopic (exact) mass is 514 g/mol. The molecule has 210 valence electrons. The maximum absolute atomic E-state index is 12.9. The molecule has 0 aromatic heterocycles. The molecule has 0 aliphatic heterocycles. The number of ether oxygens (including phenoxy) is 2. The molecule has 4 fully saturated rings. The third kappa shape index (κ3) is 4.27. The van der Waals surface area contributed by atoms with Gasteiger partial charge in [-0.15, -0.1) is 0 Å². The number of carbonyl (C=O) groups excluding carboxylic acids is 2. The van der Waals surface area contributed by atoms with E-state index in [1.165, 1.54) is 57.6 Å². The van der Waals surface area contributed by atoms with Gasteiger partial charge in [0.2, 0.25) is 0 Å². The van der Waals surface area contributed by atoms with E-state index in [2.05, 4.69) is 34.3 Å². The Balaban J connectivity index is 1.53. The minimum absolute atomic E-state index is 0.0670. The summed E-state index contributed by atoms with van der Waals surface area (Å²) in [6.07, 6.45) is 12.0. The van der Waals surface area contributed by atoms with Crippen LogP contribution in [0.3, 0.4) is 0 Å². The summed E-state index contributed by atoms with van der Waals surface area (Å²) in [5, 5.41) is 0. The number of methoxy groups -OCH3 is 1. The fourth-order valence-electron chi connectivity index (χ4n) is 10.7. The summed E-state index contributed by atoms with van der Waals surface area (Å²) in [6.45, 7) is 20.6. The van der Waals surface area contributed by atoms with Crippen LogP contribution in [-0.2, 0) is 19.1 Å². The second-order valence-electron chi connectivity index (χ2n) is 14.5. The van der Waals surface area contributed by atoms with E-state index >= 15 is 0 Å². The van der Waals surface area contributed by atoms with Gasteiger partial charge in [0.05, 0.1) is 7.11 Å². The topological polar surface area (TPSA) is 52.6 Å². The summed E-state index contributed by atoms with van der Waals surface area (Å²) >= 11 is 0. The minimum Gasteiger partial charge on any atom is -0.469 e. The van der Waals surface area contributed by atoms with Crippen molar-refractivity contribution in [1.29, 1.82) is 0 Å². The maximum Gasteiger partial charge on any atom is 0.305 e. The van der Waals surface area contributed by atoms with Gasteiger partial charge in [-0.3, -0.25) is 9.59 Å². The second kappa shape index (κ2) is 9.79. The fraction of sp³-hybridized carbons (Fsp3) is 0.879. The van der Waals surface area contributed by atoms with Crippen LogP contribution in [0.25, 0.3) is 0 Å². The molecule has 0 radical (unpaired) electrons. The Morgan fingerprint density at radius 1 is 1.05 bits per heavy atom. The number of Topliss-reactive ketones (excluding diaryl/α,β-unsaturated/α-hetero) is 1. The first kappa shape index (κ1) is 28.8. The number of esters is 1. The van der Waals surface area contributed by atoms with Gasteiger partial charge in [-0.1, -0.05) is 32.9 Å². The third-order valence-electron chi connectivity index (χ3n) is 12.8. The Labute approximate surface area is 226 Å². The fourth-order valence-corrected chi connectivity index (χ4v) is 10.7. The highest BCUT2D eigenvalue weighted by molar-refractivity contribution is 5.86. The predicted octanol–water partition coefficient (Wildman–Crippen LogP) is 7.94. The number of allylic oxidation sites excluding steroid dienone is 1. The molecule has 0 saturated heterocycles. The van der Waals surface area contributed by atoms with Crippen molar-refractivity contribution in [2.45, 2.75) is 125 Å². The third-order valence-corrected chi connectivity index (χ3v) is 12.8. The Hall–Kier alpha value is -1.16. The summed E-state index contributed by atoms with van der Waals surface area (Å²) < 4.78 is 10.8. The molecule has 0 bridgehead atoms. The number of fused-ring (bicyclic) bond motifs is 2. The van der Waals surface area contributed by atoms with Crippen LogP contribution in [0, 0.1) is 45.3 Å². The van der Waals surface area contributed by atoms with Crippen LogP contribution >= 0.6 is 0 Å². The smallest absolute Gasteiger partial charge is 0.305 e. The molecule has 4 saturated carbocycles. The van der Waals surface area contributed by atoms with E-state index in [4.69, 9.17) is 9.47 Å². The number of rotatable bonds is 11. The normalized spacial score (nSPS) is 41.2. The van der Waals surface area contributed by atoms with Gasteiger partial charge in [0.1, 0.15) is 5.60 Å². The lowest BCUT2D eigenvalue weighted by molar-refractivity contribution is -0.142. The second-order valence-corrected chi connectivity index (χ2v) is 14.5. The Kier molecular flexibility index (Phi) is 7.63. The Morgan fingerprint density at radius 3 is 2.38 bits per heavy atom. The molecular formula is C33H54O4. The molecule has 0 aromatic rings. The van der Waals surface area contributed by atoms with Crippen molar-refractivity contribution in [1.82, 2.24) is 0 Å². The molecule has 4 aliphatic carbocycles.